The standard InChI is InChI=1S/C19H23N5OS.HI/c1-4-20-19(24(3)12-16-13-26-14(2)23-16)22-11-18-21-10-17(25-18)15-8-6-5-7-9-15;/h5-10,13H,4,11-12H2,1-3H3,(H,20,22);1H. The Labute approximate surface area is 180 Å². The first-order chi connectivity index (χ1) is 12.7. The quantitative estimate of drug-likeness (QED) is 0.312. The van der Waals surface area contributed by atoms with E-state index in [4.69, 9.17) is 4.42 Å². The zero-order chi connectivity index (χ0) is 18.4. The second-order valence-electron chi connectivity index (χ2n) is 5.87. The summed E-state index contributed by atoms with van der Waals surface area (Å²) in [5, 5.41) is 6.45. The zero-order valence-corrected chi connectivity index (χ0v) is 18.8. The predicted octanol–water partition coefficient (Wildman–Crippen LogP) is 4.32. The van der Waals surface area contributed by atoms with Crippen molar-refractivity contribution in [1.82, 2.24) is 20.2 Å². The van der Waals surface area contributed by atoms with Crippen molar-refractivity contribution in [1.29, 1.82) is 0 Å². The molecule has 27 heavy (non-hydrogen) atoms. The molecule has 0 saturated heterocycles. The molecule has 3 rings (SSSR count). The lowest BCUT2D eigenvalue weighted by Gasteiger charge is -2.20. The lowest BCUT2D eigenvalue weighted by molar-refractivity contribution is 0.464. The van der Waals surface area contributed by atoms with Crippen LogP contribution in [0.25, 0.3) is 11.3 Å². The molecule has 0 unspecified atom stereocenters. The molecule has 0 aliphatic carbocycles. The highest BCUT2D eigenvalue weighted by molar-refractivity contribution is 14.0. The van der Waals surface area contributed by atoms with Gasteiger partial charge in [0.05, 0.1) is 23.4 Å². The van der Waals surface area contributed by atoms with Crippen LogP contribution in [0.3, 0.4) is 0 Å². The van der Waals surface area contributed by atoms with Gasteiger partial charge in [-0.3, -0.25) is 0 Å². The second-order valence-corrected chi connectivity index (χ2v) is 6.93. The van der Waals surface area contributed by atoms with Crippen molar-refractivity contribution in [2.75, 3.05) is 13.6 Å². The third kappa shape index (κ3) is 6.03. The van der Waals surface area contributed by atoms with Gasteiger partial charge in [-0.15, -0.1) is 35.3 Å². The van der Waals surface area contributed by atoms with Crippen LogP contribution in [0.4, 0.5) is 0 Å². The normalized spacial score (nSPS) is 11.1. The van der Waals surface area contributed by atoms with Crippen LogP contribution in [0, 0.1) is 6.92 Å². The van der Waals surface area contributed by atoms with Gasteiger partial charge in [-0.25, -0.2) is 15.0 Å². The minimum absolute atomic E-state index is 0. The summed E-state index contributed by atoms with van der Waals surface area (Å²) in [6.45, 7) is 5.95. The lowest BCUT2D eigenvalue weighted by atomic mass is 10.2. The number of nitrogens with one attached hydrogen (secondary N) is 1. The Hall–Kier alpha value is -1.94. The van der Waals surface area contributed by atoms with Gasteiger partial charge in [0.25, 0.3) is 0 Å². The van der Waals surface area contributed by atoms with Crippen LogP contribution in [0.1, 0.15) is 23.5 Å². The van der Waals surface area contributed by atoms with Crippen molar-refractivity contribution in [2.24, 2.45) is 4.99 Å². The summed E-state index contributed by atoms with van der Waals surface area (Å²) in [6, 6.07) is 9.94. The summed E-state index contributed by atoms with van der Waals surface area (Å²) in [7, 11) is 2.00. The van der Waals surface area contributed by atoms with Crippen molar-refractivity contribution in [2.45, 2.75) is 26.9 Å². The number of guanidine groups is 1. The number of aryl methyl sites for hydroxylation is 1. The molecule has 8 heteroatoms. The Morgan fingerprint density at radius 2 is 2.07 bits per heavy atom. The second kappa shape index (κ2) is 10.4. The maximum Gasteiger partial charge on any atom is 0.216 e. The van der Waals surface area contributed by atoms with Crippen LogP contribution >= 0.6 is 35.3 Å². The summed E-state index contributed by atoms with van der Waals surface area (Å²) < 4.78 is 5.82. The van der Waals surface area contributed by atoms with E-state index < -0.39 is 0 Å². The molecular formula is C19H24IN5OS. The Morgan fingerprint density at radius 3 is 2.74 bits per heavy atom. The summed E-state index contributed by atoms with van der Waals surface area (Å²) in [4.78, 5) is 15.6. The number of hydrogen-bond acceptors (Lipinski definition) is 5. The number of hydrogen-bond donors (Lipinski definition) is 1. The fraction of sp³-hybridized carbons (Fsp3) is 0.316. The van der Waals surface area contributed by atoms with Crippen LogP contribution < -0.4 is 5.32 Å². The van der Waals surface area contributed by atoms with Crippen molar-refractivity contribution < 1.29 is 4.42 Å². The number of nitrogens with zero attached hydrogens (tertiary/aromatic N) is 4. The van der Waals surface area contributed by atoms with E-state index in [0.717, 1.165) is 34.5 Å². The first-order valence-corrected chi connectivity index (χ1v) is 9.44. The van der Waals surface area contributed by atoms with Gasteiger partial charge in [0.2, 0.25) is 5.89 Å². The third-order valence-electron chi connectivity index (χ3n) is 3.74. The molecule has 3 aromatic rings. The lowest BCUT2D eigenvalue weighted by Crippen LogP contribution is -2.38. The summed E-state index contributed by atoms with van der Waals surface area (Å²) in [5.74, 6) is 2.15. The molecule has 2 heterocycles. The van der Waals surface area contributed by atoms with Crippen molar-refractivity contribution in [3.05, 3.63) is 58.5 Å². The molecule has 0 spiro atoms. The van der Waals surface area contributed by atoms with Gasteiger partial charge in [-0.05, 0) is 13.8 Å². The smallest absolute Gasteiger partial charge is 0.216 e. The molecule has 0 amide bonds. The van der Waals surface area contributed by atoms with Gasteiger partial charge in [-0.1, -0.05) is 30.3 Å². The van der Waals surface area contributed by atoms with Gasteiger partial charge in [0, 0.05) is 24.5 Å². The van der Waals surface area contributed by atoms with Gasteiger partial charge in [0.1, 0.15) is 6.54 Å². The molecule has 6 nitrogen and oxygen atoms in total. The molecule has 144 valence electrons. The van der Waals surface area contributed by atoms with E-state index in [1.54, 1.807) is 17.5 Å². The Bertz CT molecular complexity index is 862. The molecule has 0 aliphatic rings. The van der Waals surface area contributed by atoms with Gasteiger partial charge >= 0.3 is 0 Å². The maximum absolute atomic E-state index is 5.82. The summed E-state index contributed by atoms with van der Waals surface area (Å²) >= 11 is 1.66. The molecule has 0 saturated carbocycles. The van der Waals surface area contributed by atoms with Crippen molar-refractivity contribution in [3.8, 4) is 11.3 Å². The largest absolute Gasteiger partial charge is 0.439 e. The van der Waals surface area contributed by atoms with Crippen LogP contribution in [0.2, 0.25) is 0 Å². The van der Waals surface area contributed by atoms with E-state index >= 15 is 0 Å². The van der Waals surface area contributed by atoms with Crippen LogP contribution in [0.5, 0.6) is 0 Å². The van der Waals surface area contributed by atoms with Crippen LogP contribution in [-0.4, -0.2) is 34.4 Å². The Balaban J connectivity index is 0.00000261. The van der Waals surface area contributed by atoms with Gasteiger partial charge in [0.15, 0.2) is 11.7 Å². The monoisotopic (exact) mass is 497 g/mol. The number of oxazole rings is 1. The number of halogens is 1. The molecule has 0 aliphatic heterocycles. The topological polar surface area (TPSA) is 66.6 Å². The molecule has 2 aromatic heterocycles. The van der Waals surface area contributed by atoms with Crippen molar-refractivity contribution in [3.63, 3.8) is 0 Å². The number of benzene rings is 1. The van der Waals surface area contributed by atoms with E-state index in [1.807, 2.05) is 44.3 Å². The fourth-order valence-electron chi connectivity index (χ4n) is 2.53. The fourth-order valence-corrected chi connectivity index (χ4v) is 3.13. The minimum Gasteiger partial charge on any atom is -0.439 e. The summed E-state index contributed by atoms with van der Waals surface area (Å²) in [6.07, 6.45) is 1.74. The zero-order valence-electron chi connectivity index (χ0n) is 15.7. The first-order valence-electron chi connectivity index (χ1n) is 8.56. The minimum atomic E-state index is 0. The predicted molar refractivity (Wildman–Crippen MR) is 120 cm³/mol. The highest BCUT2D eigenvalue weighted by atomic mass is 127. The van der Waals surface area contributed by atoms with E-state index in [2.05, 4.69) is 37.5 Å². The SMILES string of the molecule is CCNC(=NCc1ncc(-c2ccccc2)o1)N(C)Cc1csc(C)n1.I. The van der Waals surface area contributed by atoms with Crippen molar-refractivity contribution >= 4 is 41.3 Å². The highest BCUT2D eigenvalue weighted by Crippen LogP contribution is 2.20. The third-order valence-corrected chi connectivity index (χ3v) is 4.56. The van der Waals surface area contributed by atoms with E-state index in [0.29, 0.717) is 19.0 Å². The molecule has 1 aromatic carbocycles. The Morgan fingerprint density at radius 1 is 1.30 bits per heavy atom. The molecular weight excluding hydrogens is 473 g/mol. The van der Waals surface area contributed by atoms with Crippen LogP contribution in [0.15, 0.2) is 51.3 Å². The van der Waals surface area contributed by atoms with E-state index in [-0.39, 0.29) is 24.0 Å². The number of aromatic nitrogens is 2. The average molecular weight is 497 g/mol. The number of aliphatic imine (C=N–C) groups is 1. The Kier molecular flexibility index (Phi) is 8.23. The van der Waals surface area contributed by atoms with E-state index in [1.165, 1.54) is 0 Å². The van der Waals surface area contributed by atoms with Gasteiger partial charge in [-0.2, -0.15) is 0 Å². The first kappa shape index (κ1) is 21.4. The van der Waals surface area contributed by atoms with Crippen LogP contribution in [-0.2, 0) is 13.1 Å². The molecule has 0 fully saturated rings. The maximum atomic E-state index is 5.82. The highest BCUT2D eigenvalue weighted by Gasteiger charge is 2.10. The number of rotatable bonds is 6. The molecule has 1 N–H and O–H groups in total. The summed E-state index contributed by atoms with van der Waals surface area (Å²) in [5.41, 5.74) is 2.06. The van der Waals surface area contributed by atoms with E-state index in [9.17, 15) is 0 Å². The molecule has 0 bridgehead atoms. The molecule has 0 radical (unpaired) electrons. The number of thiazole rings is 1. The van der Waals surface area contributed by atoms with Gasteiger partial charge < -0.3 is 14.6 Å². The molecule has 0 atom stereocenters. The average Bonchev–Trinajstić information content (AvgIpc) is 3.28.